The molecule has 0 saturated heterocycles. The van der Waals surface area contributed by atoms with Crippen molar-refractivity contribution in [3.8, 4) is 5.75 Å². The van der Waals surface area contributed by atoms with Crippen LogP contribution in [-0.4, -0.2) is 22.7 Å². The van der Waals surface area contributed by atoms with Gasteiger partial charge in [0.15, 0.2) is 0 Å². The summed E-state index contributed by atoms with van der Waals surface area (Å²) in [6.07, 6.45) is -2.95. The fraction of sp³-hybridized carbons (Fsp3) is 0.400. The Morgan fingerprint density at radius 3 is 2.82 bits per heavy atom. The molecule has 94 valence electrons. The average Bonchev–Trinajstić information content (AvgIpc) is 2.22. The van der Waals surface area contributed by atoms with Crippen molar-refractivity contribution in [1.82, 2.24) is 4.98 Å². The van der Waals surface area contributed by atoms with Crippen LogP contribution in [0.5, 0.6) is 5.75 Å². The average molecular weight is 357 g/mol. The molecule has 0 aliphatic carbocycles. The Hall–Kier alpha value is -0.990. The van der Waals surface area contributed by atoms with Crippen LogP contribution in [0, 0.1) is 3.70 Å². The zero-order valence-electron chi connectivity index (χ0n) is 8.91. The minimum Gasteiger partial charge on any atom is -0.506 e. The van der Waals surface area contributed by atoms with Gasteiger partial charge in [-0.25, -0.2) is 13.8 Å². The minimum atomic E-state index is -2.85. The molecule has 1 rings (SSSR count). The number of aromatic hydroxyl groups is 1. The maximum absolute atomic E-state index is 12.4. The largest absolute Gasteiger partial charge is 0.506 e. The molecule has 0 amide bonds. The standard InChI is InChI=1S/C10H10F2INO3/c1-2-17-7(16)4-5-3-6(15)8(9(11)12)14-10(5)13/h3,9,15H,2,4H2,1H3. The molecule has 0 aromatic carbocycles. The van der Waals surface area contributed by atoms with Crippen molar-refractivity contribution in [3.63, 3.8) is 0 Å². The van der Waals surface area contributed by atoms with Gasteiger partial charge >= 0.3 is 5.97 Å². The molecule has 0 bridgehead atoms. The number of pyridine rings is 1. The third-order valence-corrected chi connectivity index (χ3v) is 2.84. The van der Waals surface area contributed by atoms with Crippen LogP contribution in [0.3, 0.4) is 0 Å². The summed E-state index contributed by atoms with van der Waals surface area (Å²) < 4.78 is 29.8. The molecule has 0 fully saturated rings. The maximum atomic E-state index is 12.4. The van der Waals surface area contributed by atoms with E-state index in [0.717, 1.165) is 6.07 Å². The minimum absolute atomic E-state index is 0.101. The molecule has 0 radical (unpaired) electrons. The van der Waals surface area contributed by atoms with E-state index in [1.807, 2.05) is 0 Å². The van der Waals surface area contributed by atoms with Crippen LogP contribution in [0.2, 0.25) is 0 Å². The summed E-state index contributed by atoms with van der Waals surface area (Å²) in [4.78, 5) is 14.8. The highest BCUT2D eigenvalue weighted by atomic mass is 127. The Morgan fingerprint density at radius 2 is 2.29 bits per heavy atom. The van der Waals surface area contributed by atoms with E-state index in [1.54, 1.807) is 29.5 Å². The van der Waals surface area contributed by atoms with Crippen LogP contribution in [0.15, 0.2) is 6.07 Å². The third kappa shape index (κ3) is 3.76. The van der Waals surface area contributed by atoms with Gasteiger partial charge in [-0.1, -0.05) is 0 Å². The fourth-order valence-corrected chi connectivity index (χ4v) is 1.79. The van der Waals surface area contributed by atoms with Gasteiger partial charge in [0.25, 0.3) is 6.43 Å². The van der Waals surface area contributed by atoms with Gasteiger partial charge in [-0.2, -0.15) is 0 Å². The number of esters is 1. The highest BCUT2D eigenvalue weighted by Gasteiger charge is 2.18. The van der Waals surface area contributed by atoms with Gasteiger partial charge in [0.05, 0.1) is 13.0 Å². The molecule has 4 nitrogen and oxygen atoms in total. The number of halogens is 3. The number of hydrogen-bond acceptors (Lipinski definition) is 4. The number of hydrogen-bond donors (Lipinski definition) is 1. The van der Waals surface area contributed by atoms with E-state index in [2.05, 4.69) is 4.98 Å². The van der Waals surface area contributed by atoms with Gasteiger partial charge in [-0.3, -0.25) is 4.79 Å². The second kappa shape index (κ2) is 6.08. The highest BCUT2D eigenvalue weighted by Crippen LogP contribution is 2.28. The molecule has 0 aliphatic heterocycles. The molecule has 7 heteroatoms. The molecule has 0 spiro atoms. The maximum Gasteiger partial charge on any atom is 0.310 e. The topological polar surface area (TPSA) is 59.4 Å². The fourth-order valence-electron chi connectivity index (χ4n) is 1.19. The number of ether oxygens (including phenoxy) is 1. The van der Waals surface area contributed by atoms with Crippen LogP contribution in [0.1, 0.15) is 24.6 Å². The van der Waals surface area contributed by atoms with Crippen molar-refractivity contribution in [2.75, 3.05) is 6.61 Å². The van der Waals surface area contributed by atoms with Crippen LogP contribution >= 0.6 is 22.6 Å². The molecule has 17 heavy (non-hydrogen) atoms. The first-order valence-electron chi connectivity index (χ1n) is 4.77. The Labute approximate surface area is 110 Å². The van der Waals surface area contributed by atoms with E-state index in [-0.39, 0.29) is 16.7 Å². The molecule has 1 heterocycles. The van der Waals surface area contributed by atoms with Crippen LogP contribution < -0.4 is 0 Å². The lowest BCUT2D eigenvalue weighted by molar-refractivity contribution is -0.142. The lowest BCUT2D eigenvalue weighted by Gasteiger charge is -2.08. The first-order valence-corrected chi connectivity index (χ1v) is 5.85. The van der Waals surface area contributed by atoms with Crippen molar-refractivity contribution < 1.29 is 23.4 Å². The van der Waals surface area contributed by atoms with Crippen molar-refractivity contribution in [3.05, 3.63) is 21.0 Å². The summed E-state index contributed by atoms with van der Waals surface area (Å²) in [6, 6.07) is 1.12. The van der Waals surface area contributed by atoms with Crippen molar-refractivity contribution in [2.45, 2.75) is 19.8 Å². The molecule has 1 aromatic rings. The first kappa shape index (κ1) is 14.1. The predicted octanol–water partition coefficient (Wildman–Crippen LogP) is 2.44. The van der Waals surface area contributed by atoms with Crippen LogP contribution in [-0.2, 0) is 16.0 Å². The summed E-state index contributed by atoms with van der Waals surface area (Å²) in [5.74, 6) is -1.10. The molecular formula is C10H10F2INO3. The van der Waals surface area contributed by atoms with E-state index in [0.29, 0.717) is 5.56 Å². The van der Waals surface area contributed by atoms with E-state index >= 15 is 0 Å². The molecule has 0 atom stereocenters. The first-order chi connectivity index (χ1) is 7.95. The second-order valence-electron chi connectivity index (χ2n) is 3.13. The predicted molar refractivity (Wildman–Crippen MR) is 63.9 cm³/mol. The summed E-state index contributed by atoms with van der Waals surface area (Å²) in [7, 11) is 0. The number of nitrogens with zero attached hydrogens (tertiary/aromatic N) is 1. The Kier molecular flexibility index (Phi) is 5.03. The van der Waals surface area contributed by atoms with Crippen LogP contribution in [0.4, 0.5) is 8.78 Å². The van der Waals surface area contributed by atoms with Gasteiger partial charge in [-0.05, 0) is 41.1 Å². The van der Waals surface area contributed by atoms with Gasteiger partial charge in [-0.15, -0.1) is 0 Å². The number of carbonyl (C=O) groups is 1. The van der Waals surface area contributed by atoms with Crippen LogP contribution in [0.25, 0.3) is 0 Å². The quantitative estimate of drug-likeness (QED) is 0.511. The van der Waals surface area contributed by atoms with Crippen molar-refractivity contribution in [2.24, 2.45) is 0 Å². The number of aromatic nitrogens is 1. The molecule has 0 aliphatic rings. The smallest absolute Gasteiger partial charge is 0.310 e. The Balaban J connectivity index is 2.95. The molecule has 1 aromatic heterocycles. The summed E-state index contributed by atoms with van der Waals surface area (Å²) in [5.41, 5.74) is -0.312. The number of carbonyl (C=O) groups excluding carboxylic acids is 1. The Morgan fingerprint density at radius 1 is 1.65 bits per heavy atom. The summed E-state index contributed by atoms with van der Waals surface area (Å²) >= 11 is 1.73. The highest BCUT2D eigenvalue weighted by molar-refractivity contribution is 14.1. The molecule has 0 unspecified atom stereocenters. The number of alkyl halides is 2. The summed E-state index contributed by atoms with van der Waals surface area (Å²) in [5, 5.41) is 9.33. The van der Waals surface area contributed by atoms with E-state index in [9.17, 15) is 18.7 Å². The monoisotopic (exact) mass is 357 g/mol. The SMILES string of the molecule is CCOC(=O)Cc1cc(O)c(C(F)F)nc1I. The lowest BCUT2D eigenvalue weighted by atomic mass is 10.2. The number of rotatable bonds is 4. The zero-order chi connectivity index (χ0) is 13.0. The molecule has 1 N–H and O–H groups in total. The van der Waals surface area contributed by atoms with Crippen molar-refractivity contribution in [1.29, 1.82) is 0 Å². The second-order valence-corrected chi connectivity index (χ2v) is 4.15. The van der Waals surface area contributed by atoms with E-state index < -0.39 is 23.8 Å². The van der Waals surface area contributed by atoms with Gasteiger partial charge in [0.2, 0.25) is 0 Å². The Bertz CT molecular complexity index is 426. The van der Waals surface area contributed by atoms with E-state index in [1.165, 1.54) is 0 Å². The normalized spacial score (nSPS) is 10.6. The van der Waals surface area contributed by atoms with E-state index in [4.69, 9.17) is 4.74 Å². The summed E-state index contributed by atoms with van der Waals surface area (Å²) in [6.45, 7) is 1.91. The van der Waals surface area contributed by atoms with Crippen molar-refractivity contribution >= 4 is 28.6 Å². The lowest BCUT2D eigenvalue weighted by Crippen LogP contribution is -2.10. The molecule has 0 saturated carbocycles. The van der Waals surface area contributed by atoms with Gasteiger partial charge in [0.1, 0.15) is 15.1 Å². The zero-order valence-corrected chi connectivity index (χ0v) is 11.1. The van der Waals surface area contributed by atoms with Gasteiger partial charge in [0, 0.05) is 0 Å². The third-order valence-electron chi connectivity index (χ3n) is 1.90. The molecular weight excluding hydrogens is 347 g/mol. The van der Waals surface area contributed by atoms with Gasteiger partial charge < -0.3 is 9.84 Å².